The van der Waals surface area contributed by atoms with Crippen molar-refractivity contribution in [3.8, 4) is 11.5 Å². The Bertz CT molecular complexity index is 876. The second-order valence-corrected chi connectivity index (χ2v) is 7.56. The van der Waals surface area contributed by atoms with Crippen LogP contribution in [0.25, 0.3) is 0 Å². The Morgan fingerprint density at radius 1 is 1.15 bits per heavy atom. The first kappa shape index (κ1) is 17.8. The zero-order valence-electron chi connectivity index (χ0n) is 14.6. The average Bonchev–Trinajstić information content (AvgIpc) is 3.55. The van der Waals surface area contributed by atoms with Gasteiger partial charge in [-0.05, 0) is 68.0 Å². The Labute approximate surface area is 161 Å². The van der Waals surface area contributed by atoms with E-state index in [4.69, 9.17) is 16.3 Å². The predicted octanol–water partition coefficient (Wildman–Crippen LogP) is 5.06. The quantitative estimate of drug-likeness (QED) is 0.492. The number of hydrogen-bond acceptors (Lipinski definition) is 4. The van der Waals surface area contributed by atoms with Gasteiger partial charge in [0, 0.05) is 29.2 Å². The van der Waals surface area contributed by atoms with E-state index >= 15 is 0 Å². The first-order chi connectivity index (χ1) is 13.0. The van der Waals surface area contributed by atoms with Crippen LogP contribution < -0.4 is 4.74 Å². The van der Waals surface area contributed by atoms with Gasteiger partial charge in [0.15, 0.2) is 0 Å². The molecule has 1 amide bonds. The molecule has 2 aliphatic carbocycles. The van der Waals surface area contributed by atoms with E-state index in [1.807, 2.05) is 4.90 Å². The average molecular weight is 387 g/mol. The molecule has 0 saturated heterocycles. The first-order valence-corrected chi connectivity index (χ1v) is 9.42. The first-order valence-electron chi connectivity index (χ1n) is 9.04. The number of halogens is 1. The minimum atomic E-state index is -0.537. The Morgan fingerprint density at radius 2 is 1.85 bits per heavy atom. The molecule has 0 aliphatic heterocycles. The number of amides is 1. The van der Waals surface area contributed by atoms with Gasteiger partial charge in [0.25, 0.3) is 5.91 Å². The van der Waals surface area contributed by atoms with Crippen LogP contribution in [-0.4, -0.2) is 28.3 Å². The fourth-order valence-electron chi connectivity index (χ4n) is 3.04. The van der Waals surface area contributed by atoms with Gasteiger partial charge in [0.2, 0.25) is 5.75 Å². The van der Waals surface area contributed by atoms with Crippen LogP contribution >= 0.6 is 11.6 Å². The van der Waals surface area contributed by atoms with E-state index in [0.29, 0.717) is 23.3 Å². The monoisotopic (exact) mass is 386 g/mol. The van der Waals surface area contributed by atoms with Gasteiger partial charge < -0.3 is 9.64 Å². The molecule has 0 atom stereocenters. The summed E-state index contributed by atoms with van der Waals surface area (Å²) in [5, 5.41) is 11.4. The van der Waals surface area contributed by atoms with E-state index in [1.54, 1.807) is 24.3 Å². The molecule has 2 aromatic carbocycles. The van der Waals surface area contributed by atoms with Crippen molar-refractivity contribution in [2.45, 2.75) is 31.7 Å². The lowest BCUT2D eigenvalue weighted by Crippen LogP contribution is -2.34. The Morgan fingerprint density at radius 3 is 2.44 bits per heavy atom. The van der Waals surface area contributed by atoms with Crippen molar-refractivity contribution in [2.24, 2.45) is 5.92 Å². The summed E-state index contributed by atoms with van der Waals surface area (Å²) in [6, 6.07) is 11.4. The molecule has 2 saturated carbocycles. The van der Waals surface area contributed by atoms with Crippen LogP contribution in [0, 0.1) is 16.0 Å². The van der Waals surface area contributed by atoms with Crippen LogP contribution in [0.15, 0.2) is 42.5 Å². The van der Waals surface area contributed by atoms with Crippen molar-refractivity contribution in [1.82, 2.24) is 4.90 Å². The molecule has 4 rings (SSSR count). The summed E-state index contributed by atoms with van der Waals surface area (Å²) >= 11 is 5.82. The fraction of sp³-hybridized carbons (Fsp3) is 0.350. The SMILES string of the molecule is O=C(c1ccc(Oc2ccc(Cl)cc2[N+](=O)[O-])cc1)N(CC1CC1)C1CC1. The number of hydrogen-bond donors (Lipinski definition) is 0. The number of nitro groups is 1. The van der Waals surface area contributed by atoms with Crippen molar-refractivity contribution >= 4 is 23.2 Å². The highest BCUT2D eigenvalue weighted by molar-refractivity contribution is 6.30. The normalized spacial score (nSPS) is 16.0. The van der Waals surface area contributed by atoms with Crippen LogP contribution in [0.1, 0.15) is 36.0 Å². The third kappa shape index (κ3) is 4.22. The summed E-state index contributed by atoms with van der Waals surface area (Å²) in [6.07, 6.45) is 4.59. The zero-order valence-corrected chi connectivity index (χ0v) is 15.4. The van der Waals surface area contributed by atoms with Crippen molar-refractivity contribution in [2.75, 3.05) is 6.54 Å². The van der Waals surface area contributed by atoms with Crippen LogP contribution in [0.2, 0.25) is 5.02 Å². The predicted molar refractivity (Wildman–Crippen MR) is 101 cm³/mol. The fourth-order valence-corrected chi connectivity index (χ4v) is 3.21. The minimum Gasteiger partial charge on any atom is -0.450 e. The number of carbonyl (C=O) groups is 1. The number of carbonyl (C=O) groups excluding carboxylic acids is 1. The van der Waals surface area contributed by atoms with Crippen LogP contribution in [-0.2, 0) is 0 Å². The lowest BCUT2D eigenvalue weighted by molar-refractivity contribution is -0.385. The number of benzene rings is 2. The Kier molecular flexibility index (Phi) is 4.74. The number of ether oxygens (including phenoxy) is 1. The molecule has 2 aromatic rings. The lowest BCUT2D eigenvalue weighted by atomic mass is 10.1. The third-order valence-corrected chi connectivity index (χ3v) is 5.08. The van der Waals surface area contributed by atoms with E-state index in [9.17, 15) is 14.9 Å². The van der Waals surface area contributed by atoms with E-state index in [1.165, 1.54) is 31.0 Å². The summed E-state index contributed by atoms with van der Waals surface area (Å²) in [6.45, 7) is 0.846. The summed E-state index contributed by atoms with van der Waals surface area (Å²) in [5.74, 6) is 1.24. The molecule has 0 bridgehead atoms. The maximum absolute atomic E-state index is 12.8. The van der Waals surface area contributed by atoms with Gasteiger partial charge in [-0.1, -0.05) is 11.6 Å². The van der Waals surface area contributed by atoms with E-state index in [0.717, 1.165) is 19.4 Å². The summed E-state index contributed by atoms with van der Waals surface area (Å²) in [4.78, 5) is 25.4. The molecule has 0 heterocycles. The van der Waals surface area contributed by atoms with Gasteiger partial charge >= 0.3 is 5.69 Å². The van der Waals surface area contributed by atoms with Gasteiger partial charge in [-0.25, -0.2) is 0 Å². The van der Waals surface area contributed by atoms with Gasteiger partial charge in [-0.3, -0.25) is 14.9 Å². The van der Waals surface area contributed by atoms with Crippen molar-refractivity contribution in [1.29, 1.82) is 0 Å². The molecule has 2 aliphatic rings. The number of rotatable bonds is 7. The molecule has 0 aromatic heterocycles. The highest BCUT2D eigenvalue weighted by Gasteiger charge is 2.36. The smallest absolute Gasteiger partial charge is 0.313 e. The van der Waals surface area contributed by atoms with Crippen molar-refractivity contribution < 1.29 is 14.5 Å². The maximum atomic E-state index is 12.8. The van der Waals surface area contributed by atoms with Crippen LogP contribution in [0.3, 0.4) is 0 Å². The molecule has 2 fully saturated rings. The third-order valence-electron chi connectivity index (χ3n) is 4.85. The summed E-state index contributed by atoms with van der Waals surface area (Å²) in [7, 11) is 0. The van der Waals surface area contributed by atoms with Gasteiger partial charge in [-0.2, -0.15) is 0 Å². The second kappa shape index (κ2) is 7.19. The van der Waals surface area contributed by atoms with Gasteiger partial charge in [0.1, 0.15) is 5.75 Å². The molecule has 27 heavy (non-hydrogen) atoms. The Balaban J connectivity index is 1.49. The molecular weight excluding hydrogens is 368 g/mol. The van der Waals surface area contributed by atoms with E-state index in [2.05, 4.69) is 0 Å². The molecule has 0 radical (unpaired) electrons. The van der Waals surface area contributed by atoms with Crippen LogP contribution in [0.5, 0.6) is 11.5 Å². The van der Waals surface area contributed by atoms with E-state index < -0.39 is 4.92 Å². The second-order valence-electron chi connectivity index (χ2n) is 7.13. The van der Waals surface area contributed by atoms with Crippen LogP contribution in [0.4, 0.5) is 5.69 Å². The Hall–Kier alpha value is -2.60. The van der Waals surface area contributed by atoms with Crippen molar-refractivity contribution in [3.63, 3.8) is 0 Å². The van der Waals surface area contributed by atoms with Gasteiger partial charge in [0.05, 0.1) is 4.92 Å². The minimum absolute atomic E-state index is 0.0495. The number of nitrogens with zero attached hydrogens (tertiary/aromatic N) is 2. The summed E-state index contributed by atoms with van der Waals surface area (Å²) in [5.41, 5.74) is 0.410. The lowest BCUT2D eigenvalue weighted by Gasteiger charge is -2.22. The molecule has 140 valence electrons. The molecule has 0 N–H and O–H groups in total. The number of nitro benzene ring substituents is 1. The highest BCUT2D eigenvalue weighted by Crippen LogP contribution is 2.36. The maximum Gasteiger partial charge on any atom is 0.313 e. The topological polar surface area (TPSA) is 72.7 Å². The highest BCUT2D eigenvalue weighted by atomic mass is 35.5. The standard InChI is InChI=1S/C20H19ClN2O4/c21-15-5-10-19(18(11-15)23(25)26)27-17-8-3-14(4-9-17)20(24)22(16-6-7-16)12-13-1-2-13/h3-5,8-11,13,16H,1-2,6-7,12H2. The van der Waals surface area contributed by atoms with E-state index in [-0.39, 0.29) is 22.4 Å². The van der Waals surface area contributed by atoms with Crippen molar-refractivity contribution in [3.05, 3.63) is 63.2 Å². The molecule has 7 heteroatoms. The molecule has 0 spiro atoms. The molecule has 0 unspecified atom stereocenters. The molecular formula is C20H19ClN2O4. The largest absolute Gasteiger partial charge is 0.450 e. The zero-order chi connectivity index (χ0) is 19.0. The van der Waals surface area contributed by atoms with Gasteiger partial charge in [-0.15, -0.1) is 0 Å². The summed E-state index contributed by atoms with van der Waals surface area (Å²) < 4.78 is 5.63. The molecule has 6 nitrogen and oxygen atoms in total.